The largest absolute Gasteiger partial charge is 0.497 e. The van der Waals surface area contributed by atoms with Crippen LogP contribution in [0.3, 0.4) is 0 Å². The van der Waals surface area contributed by atoms with Crippen LogP contribution >= 0.6 is 0 Å². The highest BCUT2D eigenvalue weighted by Gasteiger charge is 2.11. The molecule has 1 atom stereocenters. The highest BCUT2D eigenvalue weighted by Crippen LogP contribution is 2.24. The fraction of sp³-hybridized carbons (Fsp3) is 0.500. The molecule has 5 heteroatoms. The summed E-state index contributed by atoms with van der Waals surface area (Å²) in [6.45, 7) is 5.66. The molecule has 1 rings (SSSR count). The Morgan fingerprint density at radius 3 is 2.71 bits per heavy atom. The summed E-state index contributed by atoms with van der Waals surface area (Å²) in [7, 11) is 3.62. The number of methoxy groups -OCH3 is 1. The quantitative estimate of drug-likeness (QED) is 0.385. The molecule has 5 nitrogen and oxygen atoms in total. The smallest absolute Gasteiger partial charge is 0.119 e. The lowest BCUT2D eigenvalue weighted by Crippen LogP contribution is -2.22. The third-order valence-electron chi connectivity index (χ3n) is 3.77. The first-order chi connectivity index (χ1) is 10.2. The Morgan fingerprint density at radius 1 is 1.38 bits per heavy atom. The summed E-state index contributed by atoms with van der Waals surface area (Å²) in [5, 5.41) is 3.17. The van der Waals surface area contributed by atoms with Crippen LogP contribution in [0.2, 0.25) is 0 Å². The maximum absolute atomic E-state index is 5.85. The normalized spacial score (nSPS) is 12.0. The zero-order valence-electron chi connectivity index (χ0n) is 13.1. The highest BCUT2D eigenvalue weighted by atomic mass is 16.5. The number of nitrogens with two attached hydrogens (primary N) is 2. The summed E-state index contributed by atoms with van der Waals surface area (Å²) in [4.78, 5) is 0. The van der Waals surface area contributed by atoms with Crippen molar-refractivity contribution in [1.29, 1.82) is 0 Å². The Bertz CT molecular complexity index is 448. The van der Waals surface area contributed by atoms with Crippen molar-refractivity contribution in [2.24, 2.45) is 17.5 Å². The lowest BCUT2D eigenvalue weighted by Gasteiger charge is -2.17. The van der Waals surface area contributed by atoms with E-state index in [9.17, 15) is 0 Å². The first-order valence-electron chi connectivity index (χ1n) is 7.33. The van der Waals surface area contributed by atoms with Gasteiger partial charge in [-0.05, 0) is 63.0 Å². The first kappa shape index (κ1) is 17.5. The van der Waals surface area contributed by atoms with Gasteiger partial charge in [0.15, 0.2) is 0 Å². The Hall–Kier alpha value is -1.56. The topological polar surface area (TPSA) is 85.3 Å². The second kappa shape index (κ2) is 9.39. The van der Waals surface area contributed by atoms with Crippen molar-refractivity contribution >= 4 is 5.70 Å². The molecule has 0 saturated heterocycles. The van der Waals surface area contributed by atoms with Crippen molar-refractivity contribution in [3.8, 4) is 5.75 Å². The summed E-state index contributed by atoms with van der Waals surface area (Å²) in [6, 6.07) is 6.00. The second-order valence-electron chi connectivity index (χ2n) is 5.18. The maximum atomic E-state index is 5.85. The minimum atomic E-state index is 0.520. The molecule has 21 heavy (non-hydrogen) atoms. The van der Waals surface area contributed by atoms with Gasteiger partial charge < -0.3 is 21.2 Å². The second-order valence-corrected chi connectivity index (χ2v) is 5.18. The van der Waals surface area contributed by atoms with Crippen LogP contribution < -0.4 is 27.1 Å². The predicted octanol–water partition coefficient (Wildman–Crippen LogP) is 1.25. The molecule has 0 aliphatic heterocycles. The molecule has 0 heterocycles. The molecule has 0 aliphatic rings. The number of hydrogen-bond donors (Lipinski definition) is 4. The van der Waals surface area contributed by atoms with Crippen LogP contribution in [0.4, 0.5) is 0 Å². The van der Waals surface area contributed by atoms with E-state index in [1.807, 2.05) is 19.2 Å². The van der Waals surface area contributed by atoms with E-state index in [-0.39, 0.29) is 0 Å². The van der Waals surface area contributed by atoms with Crippen LogP contribution in [0.15, 0.2) is 24.8 Å². The Kier molecular flexibility index (Phi) is 7.82. The molecule has 118 valence electrons. The van der Waals surface area contributed by atoms with E-state index >= 15 is 0 Å². The van der Waals surface area contributed by atoms with Crippen LogP contribution in [-0.4, -0.2) is 27.2 Å². The molecule has 6 N–H and O–H groups in total. The SMILES string of the molecule is C=C(NN)c1cc(OC)ccc1CCC(CN)CCNC. The van der Waals surface area contributed by atoms with Gasteiger partial charge in [0.1, 0.15) is 5.75 Å². The number of hydrogen-bond acceptors (Lipinski definition) is 5. The van der Waals surface area contributed by atoms with Gasteiger partial charge in [0.25, 0.3) is 0 Å². The lowest BCUT2D eigenvalue weighted by molar-refractivity contribution is 0.414. The van der Waals surface area contributed by atoms with Gasteiger partial charge in [0.2, 0.25) is 0 Å². The molecular formula is C16H28N4O. The monoisotopic (exact) mass is 292 g/mol. The summed E-state index contributed by atoms with van der Waals surface area (Å²) in [6.07, 6.45) is 3.09. The number of aryl methyl sites for hydroxylation is 1. The summed E-state index contributed by atoms with van der Waals surface area (Å²) in [5.41, 5.74) is 11.4. The number of ether oxygens (including phenoxy) is 1. The average molecular weight is 292 g/mol. The van der Waals surface area contributed by atoms with Gasteiger partial charge in [-0.25, -0.2) is 0 Å². The number of benzene rings is 1. The first-order valence-corrected chi connectivity index (χ1v) is 7.33. The lowest BCUT2D eigenvalue weighted by atomic mass is 9.93. The summed E-state index contributed by atoms with van der Waals surface area (Å²) in [5.74, 6) is 6.82. The number of hydrazine groups is 1. The van der Waals surface area contributed by atoms with E-state index in [1.54, 1.807) is 7.11 Å². The van der Waals surface area contributed by atoms with Crippen LogP contribution in [0.5, 0.6) is 5.75 Å². The molecule has 0 spiro atoms. The van der Waals surface area contributed by atoms with Crippen LogP contribution in [0, 0.1) is 5.92 Å². The summed E-state index contributed by atoms with van der Waals surface area (Å²) < 4.78 is 5.27. The molecule has 1 unspecified atom stereocenters. The van der Waals surface area contributed by atoms with E-state index in [2.05, 4.69) is 23.4 Å². The van der Waals surface area contributed by atoms with Gasteiger partial charge in [-0.2, -0.15) is 0 Å². The standard InChI is InChI=1S/C16H28N4O/c1-12(20-18)16-10-15(21-3)7-6-14(16)5-4-13(11-17)8-9-19-2/h6-7,10,13,19-20H,1,4-5,8-9,11,17-18H2,2-3H3. The van der Waals surface area contributed by atoms with Gasteiger partial charge in [-0.15, -0.1) is 0 Å². The number of nitrogens with one attached hydrogen (secondary N) is 2. The fourth-order valence-electron chi connectivity index (χ4n) is 2.35. The minimum absolute atomic E-state index is 0.520. The molecule has 0 fully saturated rings. The fourth-order valence-corrected chi connectivity index (χ4v) is 2.35. The van der Waals surface area contributed by atoms with E-state index < -0.39 is 0 Å². The van der Waals surface area contributed by atoms with Gasteiger partial charge in [-0.3, -0.25) is 5.84 Å². The minimum Gasteiger partial charge on any atom is -0.497 e. The molecular weight excluding hydrogens is 264 g/mol. The van der Waals surface area contributed by atoms with Crippen molar-refractivity contribution < 1.29 is 4.74 Å². The molecule has 0 aliphatic carbocycles. The van der Waals surface area contributed by atoms with Crippen LogP contribution in [-0.2, 0) is 6.42 Å². The Labute approximate surface area is 127 Å². The zero-order chi connectivity index (χ0) is 15.7. The molecule has 0 aromatic heterocycles. The van der Waals surface area contributed by atoms with Gasteiger partial charge in [-0.1, -0.05) is 12.6 Å². The van der Waals surface area contributed by atoms with Gasteiger partial charge >= 0.3 is 0 Å². The Morgan fingerprint density at radius 2 is 2.14 bits per heavy atom. The van der Waals surface area contributed by atoms with E-state index in [0.29, 0.717) is 18.2 Å². The third kappa shape index (κ3) is 5.38. The highest BCUT2D eigenvalue weighted by molar-refractivity contribution is 5.66. The Balaban J connectivity index is 2.79. The third-order valence-corrected chi connectivity index (χ3v) is 3.77. The van der Waals surface area contributed by atoms with E-state index in [1.165, 1.54) is 5.56 Å². The molecule has 0 bridgehead atoms. The predicted molar refractivity (Wildman–Crippen MR) is 88.8 cm³/mol. The summed E-state index contributed by atoms with van der Waals surface area (Å²) >= 11 is 0. The van der Waals surface area contributed by atoms with Crippen LogP contribution in [0.25, 0.3) is 5.70 Å². The zero-order valence-corrected chi connectivity index (χ0v) is 13.1. The average Bonchev–Trinajstić information content (AvgIpc) is 2.54. The maximum Gasteiger partial charge on any atom is 0.119 e. The van der Waals surface area contributed by atoms with E-state index in [4.69, 9.17) is 16.3 Å². The number of rotatable bonds is 10. The van der Waals surface area contributed by atoms with Crippen LogP contribution in [0.1, 0.15) is 24.0 Å². The van der Waals surface area contributed by atoms with E-state index in [0.717, 1.165) is 37.1 Å². The molecule has 0 saturated carbocycles. The van der Waals surface area contributed by atoms with Crippen molar-refractivity contribution in [2.75, 3.05) is 27.2 Å². The van der Waals surface area contributed by atoms with Gasteiger partial charge in [0, 0.05) is 11.3 Å². The van der Waals surface area contributed by atoms with Crippen molar-refractivity contribution in [2.45, 2.75) is 19.3 Å². The molecule has 0 amide bonds. The molecule has 1 aromatic carbocycles. The van der Waals surface area contributed by atoms with Crippen molar-refractivity contribution in [3.63, 3.8) is 0 Å². The van der Waals surface area contributed by atoms with Crippen molar-refractivity contribution in [3.05, 3.63) is 35.9 Å². The molecule has 1 aromatic rings. The van der Waals surface area contributed by atoms with Gasteiger partial charge in [0.05, 0.1) is 7.11 Å². The van der Waals surface area contributed by atoms with Crippen molar-refractivity contribution in [1.82, 2.24) is 10.7 Å². The molecule has 0 radical (unpaired) electrons.